The maximum Gasteiger partial charge on any atom is 0.358 e. The number of esters is 1. The van der Waals surface area contributed by atoms with E-state index in [4.69, 9.17) is 9.47 Å². The van der Waals surface area contributed by atoms with Crippen LogP contribution in [0.5, 0.6) is 0 Å². The first kappa shape index (κ1) is 17.4. The van der Waals surface area contributed by atoms with Crippen molar-refractivity contribution in [2.75, 3.05) is 7.11 Å². The molecule has 3 rings (SSSR count). The first-order valence-corrected chi connectivity index (χ1v) is 8.28. The molecule has 1 aromatic carbocycles. The summed E-state index contributed by atoms with van der Waals surface area (Å²) in [6.45, 7) is -1.01. The first-order valence-electron chi connectivity index (χ1n) is 7.40. The summed E-state index contributed by atoms with van der Waals surface area (Å²) < 4.78 is 37.9. The number of nitrogens with zero attached hydrogens (tertiary/aromatic N) is 3. The molecule has 0 bridgehead atoms. The highest BCUT2D eigenvalue weighted by atomic mass is 32.1. The molecule has 2 aromatic heterocycles. The molecule has 3 aromatic rings. The second kappa shape index (κ2) is 7.24. The highest BCUT2D eigenvalue weighted by molar-refractivity contribution is 7.09. The molecule has 25 heavy (non-hydrogen) atoms. The van der Waals surface area contributed by atoms with E-state index in [0.717, 1.165) is 4.57 Å². The number of imidazole rings is 1. The second-order valence-corrected chi connectivity index (χ2v) is 6.16. The number of hydrogen-bond acceptors (Lipinski definition) is 6. The van der Waals surface area contributed by atoms with E-state index in [0.29, 0.717) is 10.5 Å². The van der Waals surface area contributed by atoms with Crippen molar-refractivity contribution in [2.45, 2.75) is 26.2 Å². The van der Waals surface area contributed by atoms with Gasteiger partial charge >= 0.3 is 12.5 Å². The summed E-state index contributed by atoms with van der Waals surface area (Å²) in [4.78, 5) is 20.5. The predicted octanol–water partition coefficient (Wildman–Crippen LogP) is 3.95. The van der Waals surface area contributed by atoms with E-state index in [1.54, 1.807) is 29.6 Å². The Morgan fingerprint density at radius 1 is 1.32 bits per heavy atom. The molecule has 0 N–H and O–H groups in total. The normalized spacial score (nSPS) is 12.7. The predicted molar refractivity (Wildman–Crippen MR) is 87.6 cm³/mol. The van der Waals surface area contributed by atoms with Gasteiger partial charge in [0.25, 0.3) is 0 Å². The van der Waals surface area contributed by atoms with Crippen LogP contribution in [0.3, 0.4) is 0 Å². The van der Waals surface area contributed by atoms with Gasteiger partial charge in [-0.3, -0.25) is 4.57 Å². The number of carbonyl (C=O) groups is 1. The molecule has 2 heterocycles. The summed E-state index contributed by atoms with van der Waals surface area (Å²) in [5.41, 5.74) is 0.812. The van der Waals surface area contributed by atoms with Crippen molar-refractivity contribution >= 4 is 28.3 Å². The van der Waals surface area contributed by atoms with E-state index < -0.39 is 18.6 Å². The van der Waals surface area contributed by atoms with E-state index in [2.05, 4.69) is 9.97 Å². The van der Waals surface area contributed by atoms with E-state index in [1.807, 2.05) is 0 Å². The van der Waals surface area contributed by atoms with Gasteiger partial charge in [-0.25, -0.2) is 14.8 Å². The molecule has 1 atom stereocenters. The third kappa shape index (κ3) is 3.52. The number of rotatable bonds is 6. The molecule has 0 radical (unpaired) electrons. The topological polar surface area (TPSA) is 66.2 Å². The lowest BCUT2D eigenvalue weighted by molar-refractivity contribution is 0.0228. The van der Waals surface area contributed by atoms with Gasteiger partial charge in [0.1, 0.15) is 5.01 Å². The maximum atomic E-state index is 13.5. The number of benzene rings is 1. The minimum Gasteiger partial charge on any atom is -0.450 e. The smallest absolute Gasteiger partial charge is 0.358 e. The van der Waals surface area contributed by atoms with E-state index in [-0.39, 0.29) is 23.6 Å². The molecule has 9 heteroatoms. The van der Waals surface area contributed by atoms with Crippen LogP contribution in [0, 0.1) is 0 Å². The van der Waals surface area contributed by atoms with Crippen LogP contribution >= 0.6 is 11.3 Å². The summed E-state index contributed by atoms with van der Waals surface area (Å²) >= 11 is 1.26. The molecule has 0 unspecified atom stereocenters. The lowest BCUT2D eigenvalue weighted by Gasteiger charge is -2.14. The Labute approximate surface area is 146 Å². The minimum absolute atomic E-state index is 0.0168. The van der Waals surface area contributed by atoms with E-state index in [9.17, 15) is 13.6 Å². The highest BCUT2D eigenvalue weighted by Crippen LogP contribution is 2.28. The zero-order valence-corrected chi connectivity index (χ0v) is 14.3. The number of para-hydroxylation sites is 2. The Balaban J connectivity index is 1.85. The van der Waals surface area contributed by atoms with Crippen molar-refractivity contribution in [2.24, 2.45) is 0 Å². The molecular weight excluding hydrogens is 352 g/mol. The average molecular weight is 367 g/mol. The monoisotopic (exact) mass is 367 g/mol. The van der Waals surface area contributed by atoms with Crippen LogP contribution in [-0.4, -0.2) is 27.6 Å². The van der Waals surface area contributed by atoms with E-state index in [1.165, 1.54) is 25.4 Å². The maximum absolute atomic E-state index is 13.5. The number of hydrogen-bond donors (Lipinski definition) is 0. The Kier molecular flexibility index (Phi) is 5.05. The molecule has 6 nitrogen and oxygen atoms in total. The Morgan fingerprint density at radius 3 is 2.80 bits per heavy atom. The quantitative estimate of drug-likeness (QED) is 0.617. The first-order chi connectivity index (χ1) is 12.0. The number of halogens is 2. The van der Waals surface area contributed by atoms with Crippen LogP contribution in [0.4, 0.5) is 8.78 Å². The zero-order valence-electron chi connectivity index (χ0n) is 13.5. The van der Waals surface area contributed by atoms with Crippen molar-refractivity contribution < 1.29 is 23.0 Å². The Morgan fingerprint density at radius 2 is 2.08 bits per heavy atom. The van der Waals surface area contributed by atoms with Crippen molar-refractivity contribution in [1.82, 2.24) is 14.5 Å². The fourth-order valence-corrected chi connectivity index (χ4v) is 3.16. The van der Waals surface area contributed by atoms with Crippen molar-refractivity contribution in [3.8, 4) is 0 Å². The summed E-state index contributed by atoms with van der Waals surface area (Å²) in [6.07, 6.45) is -0.957. The molecule has 0 saturated heterocycles. The van der Waals surface area contributed by atoms with Crippen molar-refractivity contribution in [3.63, 3.8) is 0 Å². The number of ether oxygens (including phenoxy) is 2. The fraction of sp³-hybridized carbons (Fsp3) is 0.312. The molecular formula is C16H15F2N3O3S. The highest BCUT2D eigenvalue weighted by Gasteiger charge is 2.25. The molecule has 132 valence electrons. The standard InChI is InChI=1S/C16H15F2N3O3S/c1-9(24-15(22)11-8-25-13(19-11)7-23-2)14-20-10-5-3-4-6-12(10)21(14)16(17)18/h3-6,8-9,16H,7H2,1-2H3/t9-/m1/s1. The molecule has 0 aliphatic heterocycles. The number of thiazole rings is 1. The van der Waals surface area contributed by atoms with Crippen molar-refractivity contribution in [3.05, 3.63) is 46.2 Å². The fourth-order valence-electron chi connectivity index (χ4n) is 2.42. The van der Waals surface area contributed by atoms with Crippen LogP contribution in [0.15, 0.2) is 29.6 Å². The van der Waals surface area contributed by atoms with Gasteiger partial charge in [-0.2, -0.15) is 8.78 Å². The largest absolute Gasteiger partial charge is 0.450 e. The summed E-state index contributed by atoms with van der Waals surface area (Å²) in [5, 5.41) is 2.17. The van der Waals surface area contributed by atoms with Gasteiger partial charge in [-0.05, 0) is 19.1 Å². The van der Waals surface area contributed by atoms with Gasteiger partial charge in [-0.15, -0.1) is 11.3 Å². The van der Waals surface area contributed by atoms with E-state index >= 15 is 0 Å². The third-order valence-electron chi connectivity index (χ3n) is 3.49. The number of aromatic nitrogens is 3. The average Bonchev–Trinajstić information content (AvgIpc) is 3.19. The lowest BCUT2D eigenvalue weighted by Crippen LogP contribution is -2.15. The second-order valence-electron chi connectivity index (χ2n) is 5.21. The van der Waals surface area contributed by atoms with Gasteiger partial charge in [0, 0.05) is 12.5 Å². The van der Waals surface area contributed by atoms with Crippen molar-refractivity contribution in [1.29, 1.82) is 0 Å². The summed E-state index contributed by atoms with van der Waals surface area (Å²) in [5.74, 6) is -0.712. The molecule has 0 fully saturated rings. The van der Waals surface area contributed by atoms with Gasteiger partial charge in [0.15, 0.2) is 17.6 Å². The molecule has 0 spiro atoms. The van der Waals surface area contributed by atoms with Gasteiger partial charge in [-0.1, -0.05) is 12.1 Å². The van der Waals surface area contributed by atoms with Crippen LogP contribution in [0.1, 0.15) is 40.9 Å². The van der Waals surface area contributed by atoms with Crippen LogP contribution in [-0.2, 0) is 16.1 Å². The number of methoxy groups -OCH3 is 1. The molecule has 0 aliphatic rings. The Bertz CT molecular complexity index is 894. The van der Waals surface area contributed by atoms with Crippen LogP contribution < -0.4 is 0 Å². The zero-order chi connectivity index (χ0) is 18.0. The molecule has 0 aliphatic carbocycles. The van der Waals surface area contributed by atoms with Gasteiger partial charge in [0.2, 0.25) is 0 Å². The number of alkyl halides is 2. The third-order valence-corrected chi connectivity index (χ3v) is 4.32. The number of fused-ring (bicyclic) bond motifs is 1. The van der Waals surface area contributed by atoms with Crippen LogP contribution in [0.25, 0.3) is 11.0 Å². The van der Waals surface area contributed by atoms with Gasteiger partial charge in [0.05, 0.1) is 17.6 Å². The Hall–Kier alpha value is -2.39. The van der Waals surface area contributed by atoms with Crippen LogP contribution in [0.2, 0.25) is 0 Å². The summed E-state index contributed by atoms with van der Waals surface area (Å²) in [7, 11) is 1.52. The SMILES string of the molecule is COCc1nc(C(=O)O[C@H](C)c2nc3ccccc3n2C(F)F)cs1. The van der Waals surface area contributed by atoms with Gasteiger partial charge < -0.3 is 9.47 Å². The molecule has 0 saturated carbocycles. The summed E-state index contributed by atoms with van der Waals surface area (Å²) in [6, 6.07) is 6.53. The number of carbonyl (C=O) groups excluding carboxylic acids is 1. The minimum atomic E-state index is -2.80. The lowest BCUT2D eigenvalue weighted by atomic mass is 10.3. The molecule has 0 amide bonds.